The molecule has 0 spiro atoms. The first-order valence-electron chi connectivity index (χ1n) is 9.65. The van der Waals surface area contributed by atoms with Gasteiger partial charge in [-0.05, 0) is 48.4 Å². The summed E-state index contributed by atoms with van der Waals surface area (Å²) < 4.78 is 7.44. The molecule has 1 aromatic heterocycles. The highest BCUT2D eigenvalue weighted by atomic mass is 16.5. The molecule has 0 aliphatic heterocycles. The second-order valence-corrected chi connectivity index (χ2v) is 6.86. The van der Waals surface area contributed by atoms with Gasteiger partial charge in [-0.1, -0.05) is 36.4 Å². The van der Waals surface area contributed by atoms with Gasteiger partial charge < -0.3 is 9.30 Å². The predicted molar refractivity (Wildman–Crippen MR) is 118 cm³/mol. The van der Waals surface area contributed by atoms with E-state index in [0.717, 1.165) is 23.4 Å². The molecule has 5 nitrogen and oxygen atoms in total. The average molecular weight is 385 g/mol. The van der Waals surface area contributed by atoms with Gasteiger partial charge in [-0.3, -0.25) is 4.79 Å². The number of hydrazone groups is 1. The van der Waals surface area contributed by atoms with Crippen molar-refractivity contribution >= 4 is 33.9 Å². The number of aryl methyl sites for hydroxylation is 1. The fourth-order valence-corrected chi connectivity index (χ4v) is 3.64. The lowest BCUT2D eigenvalue weighted by molar-refractivity contribution is -0.120. The van der Waals surface area contributed by atoms with E-state index in [-0.39, 0.29) is 12.3 Å². The summed E-state index contributed by atoms with van der Waals surface area (Å²) >= 11 is 0. The van der Waals surface area contributed by atoms with Gasteiger partial charge in [0.15, 0.2) is 0 Å². The van der Waals surface area contributed by atoms with Gasteiger partial charge in [0.25, 0.3) is 0 Å². The number of hydrogen-bond donors (Lipinski definition) is 1. The maximum Gasteiger partial charge on any atom is 0.244 e. The maximum absolute atomic E-state index is 12.1. The number of nitrogens with zero attached hydrogens (tertiary/aromatic N) is 2. The number of para-hydroxylation sites is 1. The van der Waals surface area contributed by atoms with Crippen LogP contribution in [0.25, 0.3) is 21.8 Å². The van der Waals surface area contributed by atoms with Crippen molar-refractivity contribution in [1.29, 1.82) is 0 Å². The summed E-state index contributed by atoms with van der Waals surface area (Å²) in [6, 6.07) is 22.1. The minimum atomic E-state index is -0.157. The molecule has 0 fully saturated rings. The van der Waals surface area contributed by atoms with Crippen LogP contribution in [0.15, 0.2) is 71.8 Å². The molecule has 0 aliphatic carbocycles. The van der Waals surface area contributed by atoms with E-state index in [0.29, 0.717) is 0 Å². The van der Waals surface area contributed by atoms with Crippen molar-refractivity contribution in [3.63, 3.8) is 0 Å². The minimum absolute atomic E-state index is 0.157. The van der Waals surface area contributed by atoms with E-state index in [1.165, 1.54) is 21.8 Å². The van der Waals surface area contributed by atoms with Gasteiger partial charge in [-0.25, -0.2) is 5.43 Å². The van der Waals surface area contributed by atoms with Gasteiger partial charge in [0.05, 0.1) is 19.7 Å². The standard InChI is InChI=1S/C24H23N3O2/c1-3-27-22-7-5-4-6-20(22)21-14-18(10-13-23(21)27)16-25-26-24(28)15-17-8-11-19(29-2)12-9-17/h4-14,16H,3,15H2,1-2H3,(H,26,28)/b25-16-. The normalized spacial score (nSPS) is 11.4. The predicted octanol–water partition coefficient (Wildman–Crippen LogP) is 4.52. The van der Waals surface area contributed by atoms with Crippen molar-refractivity contribution in [2.75, 3.05) is 7.11 Å². The molecule has 29 heavy (non-hydrogen) atoms. The molecule has 0 aliphatic rings. The van der Waals surface area contributed by atoms with Crippen LogP contribution < -0.4 is 10.2 Å². The minimum Gasteiger partial charge on any atom is -0.497 e. The molecule has 0 saturated carbocycles. The smallest absolute Gasteiger partial charge is 0.244 e. The summed E-state index contributed by atoms with van der Waals surface area (Å²) in [6.45, 7) is 3.07. The Hall–Kier alpha value is -3.60. The van der Waals surface area contributed by atoms with Crippen LogP contribution in [0.3, 0.4) is 0 Å². The monoisotopic (exact) mass is 385 g/mol. The summed E-state index contributed by atoms with van der Waals surface area (Å²) in [4.78, 5) is 12.1. The molecule has 1 N–H and O–H groups in total. The molecule has 4 rings (SSSR count). The second kappa shape index (κ2) is 8.19. The Kier molecular flexibility index (Phi) is 5.29. The van der Waals surface area contributed by atoms with Gasteiger partial charge >= 0.3 is 0 Å². The third kappa shape index (κ3) is 3.85. The van der Waals surface area contributed by atoms with E-state index in [1.54, 1.807) is 13.3 Å². The Bertz CT molecular complexity index is 1190. The van der Waals surface area contributed by atoms with E-state index < -0.39 is 0 Å². The van der Waals surface area contributed by atoms with Gasteiger partial charge in [-0.15, -0.1) is 0 Å². The van der Waals surface area contributed by atoms with Crippen molar-refractivity contribution in [3.8, 4) is 5.75 Å². The Morgan fingerprint density at radius 1 is 1.03 bits per heavy atom. The van der Waals surface area contributed by atoms with Gasteiger partial charge in [0, 0.05) is 28.4 Å². The highest BCUT2D eigenvalue weighted by Crippen LogP contribution is 2.29. The largest absolute Gasteiger partial charge is 0.497 e. The number of ether oxygens (including phenoxy) is 1. The summed E-state index contributed by atoms with van der Waals surface area (Å²) in [5, 5.41) is 6.55. The molecule has 1 amide bonds. The molecule has 146 valence electrons. The zero-order valence-corrected chi connectivity index (χ0v) is 16.6. The molecule has 1 heterocycles. The first-order valence-corrected chi connectivity index (χ1v) is 9.65. The lowest BCUT2D eigenvalue weighted by Crippen LogP contribution is -2.19. The van der Waals surface area contributed by atoms with Crippen LogP contribution in [0.5, 0.6) is 5.75 Å². The molecule has 3 aromatic carbocycles. The molecule has 0 unspecified atom stereocenters. The zero-order valence-electron chi connectivity index (χ0n) is 16.6. The second-order valence-electron chi connectivity index (χ2n) is 6.86. The van der Waals surface area contributed by atoms with Crippen molar-refractivity contribution < 1.29 is 9.53 Å². The molecular weight excluding hydrogens is 362 g/mol. The molecular formula is C24H23N3O2. The fraction of sp³-hybridized carbons (Fsp3) is 0.167. The molecule has 0 saturated heterocycles. The zero-order chi connectivity index (χ0) is 20.2. The highest BCUT2D eigenvalue weighted by molar-refractivity contribution is 6.09. The number of aromatic nitrogens is 1. The Labute approximate surface area is 169 Å². The number of methoxy groups -OCH3 is 1. The molecule has 5 heteroatoms. The SMILES string of the molecule is CCn1c2ccccc2c2cc(/C=N\NC(=O)Cc3ccc(OC)cc3)ccc21. The number of rotatable bonds is 6. The van der Waals surface area contributed by atoms with Crippen LogP contribution in [-0.2, 0) is 17.8 Å². The molecule has 4 aromatic rings. The number of carbonyl (C=O) groups is 1. The Morgan fingerprint density at radius 3 is 2.55 bits per heavy atom. The third-order valence-corrected chi connectivity index (χ3v) is 5.04. The van der Waals surface area contributed by atoms with Gasteiger partial charge in [0.2, 0.25) is 5.91 Å². The van der Waals surface area contributed by atoms with Crippen molar-refractivity contribution in [3.05, 3.63) is 77.9 Å². The van der Waals surface area contributed by atoms with Gasteiger partial charge in [0.1, 0.15) is 5.75 Å². The van der Waals surface area contributed by atoms with E-state index in [9.17, 15) is 4.79 Å². The molecule has 0 atom stereocenters. The van der Waals surface area contributed by atoms with Crippen LogP contribution in [-0.4, -0.2) is 23.8 Å². The van der Waals surface area contributed by atoms with Crippen LogP contribution in [0.1, 0.15) is 18.1 Å². The number of nitrogens with one attached hydrogen (secondary N) is 1. The number of fused-ring (bicyclic) bond motifs is 3. The summed E-state index contributed by atoms with van der Waals surface area (Å²) in [5.74, 6) is 0.613. The number of hydrogen-bond acceptors (Lipinski definition) is 3. The fourth-order valence-electron chi connectivity index (χ4n) is 3.64. The first-order chi connectivity index (χ1) is 14.2. The maximum atomic E-state index is 12.1. The van der Waals surface area contributed by atoms with Crippen LogP contribution in [0, 0.1) is 0 Å². The lowest BCUT2D eigenvalue weighted by Gasteiger charge is -2.03. The highest BCUT2D eigenvalue weighted by Gasteiger charge is 2.09. The van der Waals surface area contributed by atoms with Crippen LogP contribution in [0.4, 0.5) is 0 Å². The topological polar surface area (TPSA) is 55.6 Å². The molecule has 0 bridgehead atoms. The van der Waals surface area contributed by atoms with Gasteiger partial charge in [-0.2, -0.15) is 5.10 Å². The third-order valence-electron chi connectivity index (χ3n) is 5.04. The summed E-state index contributed by atoms with van der Waals surface area (Å²) in [5.41, 5.74) is 6.89. The number of carbonyl (C=O) groups excluding carboxylic acids is 1. The van der Waals surface area contributed by atoms with E-state index in [1.807, 2.05) is 30.3 Å². The van der Waals surface area contributed by atoms with E-state index >= 15 is 0 Å². The Morgan fingerprint density at radius 2 is 1.79 bits per heavy atom. The van der Waals surface area contributed by atoms with E-state index in [2.05, 4.69) is 58.4 Å². The number of benzene rings is 3. The van der Waals surface area contributed by atoms with E-state index in [4.69, 9.17) is 4.74 Å². The summed E-state index contributed by atoms with van der Waals surface area (Å²) in [6.07, 6.45) is 1.95. The quantitative estimate of drug-likeness (QED) is 0.392. The molecule has 0 radical (unpaired) electrons. The van der Waals surface area contributed by atoms with Crippen molar-refractivity contribution in [1.82, 2.24) is 9.99 Å². The van der Waals surface area contributed by atoms with Crippen molar-refractivity contribution in [2.45, 2.75) is 19.9 Å². The first kappa shape index (κ1) is 18.7. The average Bonchev–Trinajstić information content (AvgIpc) is 3.07. The lowest BCUT2D eigenvalue weighted by atomic mass is 10.1. The van der Waals surface area contributed by atoms with Crippen LogP contribution in [0.2, 0.25) is 0 Å². The Balaban J connectivity index is 1.49. The summed E-state index contributed by atoms with van der Waals surface area (Å²) in [7, 11) is 1.62. The van der Waals surface area contributed by atoms with Crippen molar-refractivity contribution in [2.24, 2.45) is 5.10 Å². The number of amides is 1. The van der Waals surface area contributed by atoms with Crippen LogP contribution >= 0.6 is 0 Å².